The Labute approximate surface area is 171 Å². The smallest absolute Gasteiger partial charge is 0.234 e. The predicted octanol–water partition coefficient (Wildman–Crippen LogP) is 2.27. The molecule has 0 saturated carbocycles. The summed E-state index contributed by atoms with van der Waals surface area (Å²) in [5.74, 6) is 1.44. The van der Waals surface area contributed by atoms with Gasteiger partial charge in [-0.25, -0.2) is 0 Å². The summed E-state index contributed by atoms with van der Waals surface area (Å²) in [6, 6.07) is 10.5. The molecule has 0 atom stereocenters. The number of amides is 1. The van der Waals surface area contributed by atoms with Gasteiger partial charge in [0.2, 0.25) is 5.91 Å². The number of aromatic nitrogens is 2. The summed E-state index contributed by atoms with van der Waals surface area (Å²) in [4.78, 5) is 15.7. The summed E-state index contributed by atoms with van der Waals surface area (Å²) >= 11 is 1.77. The average Bonchev–Trinajstić information content (AvgIpc) is 3.16. The van der Waals surface area contributed by atoms with E-state index in [1.807, 2.05) is 4.68 Å². The Hall–Kier alpha value is -1.83. The number of carbonyl (C=O) groups excluding carboxylic acids is 1. The maximum absolute atomic E-state index is 12.2. The minimum atomic E-state index is 0.105. The van der Waals surface area contributed by atoms with Crippen molar-refractivity contribution in [2.24, 2.45) is 0 Å². The molecular formula is C21H30N4O2S. The molecule has 1 aromatic heterocycles. The van der Waals surface area contributed by atoms with Crippen LogP contribution in [-0.2, 0) is 11.3 Å². The van der Waals surface area contributed by atoms with E-state index in [0.717, 1.165) is 31.7 Å². The van der Waals surface area contributed by atoms with Gasteiger partial charge in [0.25, 0.3) is 0 Å². The highest BCUT2D eigenvalue weighted by molar-refractivity contribution is 7.99. The van der Waals surface area contributed by atoms with Crippen LogP contribution in [0.3, 0.4) is 0 Å². The lowest BCUT2D eigenvalue weighted by Crippen LogP contribution is -2.41. The zero-order valence-electron chi connectivity index (χ0n) is 16.5. The van der Waals surface area contributed by atoms with Crippen LogP contribution in [0.15, 0.2) is 41.4 Å². The minimum Gasteiger partial charge on any atom is -0.394 e. The second-order valence-electron chi connectivity index (χ2n) is 7.26. The van der Waals surface area contributed by atoms with E-state index in [0.29, 0.717) is 25.6 Å². The Kier molecular flexibility index (Phi) is 7.94. The van der Waals surface area contributed by atoms with Gasteiger partial charge in [-0.2, -0.15) is 5.10 Å². The zero-order chi connectivity index (χ0) is 19.8. The molecule has 0 aliphatic carbocycles. The Bertz CT molecular complexity index is 739. The van der Waals surface area contributed by atoms with Crippen LogP contribution in [0.1, 0.15) is 30.0 Å². The minimum absolute atomic E-state index is 0.105. The fourth-order valence-corrected chi connectivity index (χ4v) is 4.38. The molecule has 2 heterocycles. The number of likely N-dealkylation sites (tertiary alicyclic amines) is 1. The second kappa shape index (κ2) is 10.6. The van der Waals surface area contributed by atoms with E-state index in [2.05, 4.69) is 52.6 Å². The highest BCUT2D eigenvalue weighted by Gasteiger charge is 2.24. The van der Waals surface area contributed by atoms with Crippen molar-refractivity contribution < 1.29 is 9.90 Å². The molecule has 0 radical (unpaired) electrons. The van der Waals surface area contributed by atoms with Gasteiger partial charge in [-0.1, -0.05) is 17.7 Å². The molecule has 1 aliphatic heterocycles. The molecule has 1 aromatic carbocycles. The molecule has 1 fully saturated rings. The van der Waals surface area contributed by atoms with E-state index >= 15 is 0 Å². The van der Waals surface area contributed by atoms with Crippen LogP contribution in [0.4, 0.5) is 0 Å². The number of carbonyl (C=O) groups is 1. The number of aryl methyl sites for hydroxylation is 1. The molecular weight excluding hydrogens is 372 g/mol. The van der Waals surface area contributed by atoms with Gasteiger partial charge in [-0.05, 0) is 51.1 Å². The second-order valence-corrected chi connectivity index (χ2v) is 8.43. The van der Waals surface area contributed by atoms with Gasteiger partial charge in [0, 0.05) is 35.0 Å². The number of nitrogens with zero attached hydrogens (tertiary/aromatic N) is 3. The highest BCUT2D eigenvalue weighted by Crippen LogP contribution is 2.27. The molecule has 1 aliphatic rings. The number of hydrogen-bond acceptors (Lipinski definition) is 5. The number of aliphatic hydroxyl groups is 1. The van der Waals surface area contributed by atoms with Crippen molar-refractivity contribution in [2.45, 2.75) is 37.1 Å². The lowest BCUT2D eigenvalue weighted by Gasteiger charge is -2.31. The van der Waals surface area contributed by atoms with Crippen molar-refractivity contribution in [3.8, 4) is 0 Å². The first-order valence-corrected chi connectivity index (χ1v) is 11.0. The SMILES string of the molecule is Cc1ccc(SCCNC(=O)CN2CCC(c3ccnn3CCO)CC2)cc1. The van der Waals surface area contributed by atoms with E-state index in [1.54, 1.807) is 18.0 Å². The number of piperidine rings is 1. The number of aliphatic hydroxyl groups excluding tert-OH is 1. The molecule has 2 N–H and O–H groups in total. The fraction of sp³-hybridized carbons (Fsp3) is 0.524. The normalized spacial score (nSPS) is 15.6. The third-order valence-electron chi connectivity index (χ3n) is 5.15. The van der Waals surface area contributed by atoms with Gasteiger partial charge in [0.1, 0.15) is 0 Å². The van der Waals surface area contributed by atoms with E-state index < -0.39 is 0 Å². The monoisotopic (exact) mass is 402 g/mol. The number of thioether (sulfide) groups is 1. The summed E-state index contributed by atoms with van der Waals surface area (Å²) in [7, 11) is 0. The average molecular weight is 403 g/mol. The fourth-order valence-electron chi connectivity index (χ4n) is 3.61. The Balaban J connectivity index is 1.33. The molecule has 6 nitrogen and oxygen atoms in total. The number of rotatable bonds is 9. The first-order chi connectivity index (χ1) is 13.7. The molecule has 152 valence electrons. The van der Waals surface area contributed by atoms with Gasteiger partial charge < -0.3 is 10.4 Å². The van der Waals surface area contributed by atoms with Crippen molar-refractivity contribution in [2.75, 3.05) is 38.5 Å². The summed E-state index contributed by atoms with van der Waals surface area (Å²) < 4.78 is 1.90. The lowest BCUT2D eigenvalue weighted by molar-refractivity contribution is -0.122. The van der Waals surface area contributed by atoms with Gasteiger partial charge in [-0.15, -0.1) is 11.8 Å². The van der Waals surface area contributed by atoms with E-state index in [1.165, 1.54) is 16.2 Å². The molecule has 0 bridgehead atoms. The van der Waals surface area contributed by atoms with Crippen LogP contribution in [0.2, 0.25) is 0 Å². The first kappa shape index (κ1) is 20.9. The van der Waals surface area contributed by atoms with Crippen molar-refractivity contribution in [3.63, 3.8) is 0 Å². The number of nitrogens with one attached hydrogen (secondary N) is 1. The van der Waals surface area contributed by atoms with E-state index in [9.17, 15) is 4.79 Å². The summed E-state index contributed by atoms with van der Waals surface area (Å²) in [6.45, 7) is 5.73. The Morgan fingerprint density at radius 2 is 2.00 bits per heavy atom. The van der Waals surface area contributed by atoms with Gasteiger partial charge >= 0.3 is 0 Å². The summed E-state index contributed by atoms with van der Waals surface area (Å²) in [5, 5.41) is 16.5. The molecule has 1 saturated heterocycles. The van der Waals surface area contributed by atoms with Crippen LogP contribution in [0.5, 0.6) is 0 Å². The van der Waals surface area contributed by atoms with Crippen LogP contribution >= 0.6 is 11.8 Å². The lowest BCUT2D eigenvalue weighted by atomic mass is 9.93. The maximum Gasteiger partial charge on any atom is 0.234 e. The van der Waals surface area contributed by atoms with E-state index in [4.69, 9.17) is 5.11 Å². The Morgan fingerprint density at radius 1 is 1.25 bits per heavy atom. The standard InChI is InChI=1S/C21H30N4O2S/c1-17-2-4-19(5-3-17)28-15-10-22-21(27)16-24-11-7-18(8-12-24)20-6-9-23-25(20)13-14-26/h2-6,9,18,26H,7-8,10-16H2,1H3,(H,22,27). The molecule has 0 spiro atoms. The maximum atomic E-state index is 12.2. The topological polar surface area (TPSA) is 70.4 Å². The number of hydrogen-bond donors (Lipinski definition) is 2. The first-order valence-electron chi connectivity index (χ1n) is 9.97. The van der Waals surface area contributed by atoms with Crippen molar-refractivity contribution >= 4 is 17.7 Å². The molecule has 28 heavy (non-hydrogen) atoms. The third-order valence-corrected chi connectivity index (χ3v) is 6.16. The predicted molar refractivity (Wildman–Crippen MR) is 113 cm³/mol. The largest absolute Gasteiger partial charge is 0.394 e. The number of benzene rings is 1. The Morgan fingerprint density at radius 3 is 2.71 bits per heavy atom. The van der Waals surface area contributed by atoms with Gasteiger partial charge in [0.05, 0.1) is 19.7 Å². The van der Waals surface area contributed by atoms with Crippen molar-refractivity contribution in [3.05, 3.63) is 47.8 Å². The molecule has 3 rings (SSSR count). The van der Waals surface area contributed by atoms with Crippen molar-refractivity contribution in [1.29, 1.82) is 0 Å². The summed E-state index contributed by atoms with van der Waals surface area (Å²) in [5.41, 5.74) is 2.46. The van der Waals surface area contributed by atoms with Crippen molar-refractivity contribution in [1.82, 2.24) is 20.0 Å². The van der Waals surface area contributed by atoms with Gasteiger partial charge in [-0.3, -0.25) is 14.4 Å². The quantitative estimate of drug-likeness (QED) is 0.497. The third kappa shape index (κ3) is 6.09. The molecule has 2 aromatic rings. The summed E-state index contributed by atoms with van der Waals surface area (Å²) in [6.07, 6.45) is 3.85. The van der Waals surface area contributed by atoms with Crippen LogP contribution in [0.25, 0.3) is 0 Å². The van der Waals surface area contributed by atoms with Gasteiger partial charge in [0.15, 0.2) is 0 Å². The van der Waals surface area contributed by atoms with Crippen LogP contribution in [-0.4, -0.2) is 64.2 Å². The molecule has 0 unspecified atom stereocenters. The zero-order valence-corrected chi connectivity index (χ0v) is 17.3. The van der Waals surface area contributed by atoms with Crippen LogP contribution in [0, 0.1) is 6.92 Å². The highest BCUT2D eigenvalue weighted by atomic mass is 32.2. The molecule has 7 heteroatoms. The van der Waals surface area contributed by atoms with Crippen LogP contribution < -0.4 is 5.32 Å². The molecule has 1 amide bonds. The van der Waals surface area contributed by atoms with E-state index in [-0.39, 0.29) is 12.5 Å².